The number of H-pyrrole nitrogens is 1. The average Bonchev–Trinajstić information content (AvgIpc) is 3.06. The first-order chi connectivity index (χ1) is 12.3. The minimum Gasteiger partial charge on any atom is -0.361 e. The number of amides is 1. The van der Waals surface area contributed by atoms with Gasteiger partial charge in [0.1, 0.15) is 0 Å². The Hall–Kier alpha value is -2.81. The number of fused-ring (bicyclic) bond motifs is 1. The molecule has 2 aromatic carbocycles. The maximum atomic E-state index is 12.3. The summed E-state index contributed by atoms with van der Waals surface area (Å²) in [6.45, 7) is 2.78. The Morgan fingerprint density at radius 2 is 1.92 bits per heavy atom. The third-order valence-electron chi connectivity index (χ3n) is 4.29. The molecular weight excluding hydrogens is 308 g/mol. The van der Waals surface area contributed by atoms with Gasteiger partial charge in [-0.1, -0.05) is 55.8 Å². The molecule has 128 valence electrons. The van der Waals surface area contributed by atoms with Crippen molar-refractivity contribution in [2.45, 2.75) is 26.2 Å². The first-order valence-electron chi connectivity index (χ1n) is 8.87. The highest BCUT2D eigenvalue weighted by molar-refractivity contribution is 5.94. The van der Waals surface area contributed by atoms with Gasteiger partial charge in [-0.15, -0.1) is 0 Å². The predicted octanol–water partition coefficient (Wildman–Crippen LogP) is 4.95. The fraction of sp³-hybridized carbons (Fsp3) is 0.227. The van der Waals surface area contributed by atoms with Gasteiger partial charge in [0.2, 0.25) is 0 Å². The van der Waals surface area contributed by atoms with E-state index in [2.05, 4.69) is 41.5 Å². The van der Waals surface area contributed by atoms with E-state index in [4.69, 9.17) is 0 Å². The first kappa shape index (κ1) is 17.0. The lowest BCUT2D eigenvalue weighted by Crippen LogP contribution is -2.25. The summed E-state index contributed by atoms with van der Waals surface area (Å²) in [6.07, 6.45) is 9.32. The van der Waals surface area contributed by atoms with Crippen LogP contribution < -0.4 is 5.32 Å². The monoisotopic (exact) mass is 332 g/mol. The normalized spacial score (nSPS) is 11.2. The van der Waals surface area contributed by atoms with Gasteiger partial charge in [-0.05, 0) is 42.2 Å². The Morgan fingerprint density at radius 1 is 1.12 bits per heavy atom. The summed E-state index contributed by atoms with van der Waals surface area (Å²) in [5.41, 5.74) is 4.19. The van der Waals surface area contributed by atoms with Crippen LogP contribution in [0.5, 0.6) is 0 Å². The molecule has 0 saturated carbocycles. The van der Waals surface area contributed by atoms with E-state index in [1.54, 1.807) is 0 Å². The summed E-state index contributed by atoms with van der Waals surface area (Å²) in [7, 11) is 0. The second-order valence-electron chi connectivity index (χ2n) is 6.18. The van der Waals surface area contributed by atoms with Gasteiger partial charge in [0.05, 0.1) is 0 Å². The van der Waals surface area contributed by atoms with Crippen LogP contribution in [-0.4, -0.2) is 17.4 Å². The van der Waals surface area contributed by atoms with Crippen molar-refractivity contribution in [1.82, 2.24) is 10.3 Å². The van der Waals surface area contributed by atoms with Gasteiger partial charge in [-0.2, -0.15) is 0 Å². The minimum absolute atomic E-state index is 0.0241. The number of carbonyl (C=O) groups excluding carboxylic acids is 1. The lowest BCUT2D eigenvalue weighted by atomic mass is 10.1. The Bertz CT molecular complexity index is 859. The highest BCUT2D eigenvalue weighted by atomic mass is 16.1. The minimum atomic E-state index is -0.0241. The van der Waals surface area contributed by atoms with Gasteiger partial charge >= 0.3 is 0 Å². The van der Waals surface area contributed by atoms with Crippen LogP contribution in [0.25, 0.3) is 17.0 Å². The second-order valence-corrected chi connectivity index (χ2v) is 6.18. The number of unbranched alkanes of at least 4 members (excludes halogenated alkanes) is 1. The number of hydrogen-bond acceptors (Lipinski definition) is 1. The lowest BCUT2D eigenvalue weighted by molar-refractivity contribution is 0.0954. The number of aromatic amines is 1. The third kappa shape index (κ3) is 4.38. The fourth-order valence-electron chi connectivity index (χ4n) is 2.88. The summed E-state index contributed by atoms with van der Waals surface area (Å²) in [4.78, 5) is 15.5. The summed E-state index contributed by atoms with van der Waals surface area (Å²) in [5, 5.41) is 4.23. The second kappa shape index (κ2) is 8.34. The molecule has 0 aliphatic carbocycles. The maximum Gasteiger partial charge on any atom is 0.251 e. The van der Waals surface area contributed by atoms with Gasteiger partial charge in [-0.25, -0.2) is 0 Å². The standard InChI is InChI=1S/C22H24N2O/c1-2-3-4-7-17-10-12-18(13-11-17)22(25)23-15-14-19-16-24-21-9-6-5-8-20(19)21/h4-13,16,24H,2-3,14-15H2,1H3,(H,23,25). The number of para-hydroxylation sites is 1. The molecule has 0 spiro atoms. The summed E-state index contributed by atoms with van der Waals surface area (Å²) >= 11 is 0. The lowest BCUT2D eigenvalue weighted by Gasteiger charge is -2.05. The molecule has 0 unspecified atom stereocenters. The zero-order chi connectivity index (χ0) is 17.5. The molecule has 1 amide bonds. The molecule has 0 fully saturated rings. The van der Waals surface area contributed by atoms with Gasteiger partial charge in [0.15, 0.2) is 0 Å². The van der Waals surface area contributed by atoms with E-state index in [0.717, 1.165) is 30.3 Å². The number of hydrogen-bond donors (Lipinski definition) is 2. The van der Waals surface area contributed by atoms with Crippen molar-refractivity contribution in [2.75, 3.05) is 6.54 Å². The molecule has 0 radical (unpaired) electrons. The van der Waals surface area contributed by atoms with Gasteiger partial charge in [0.25, 0.3) is 5.91 Å². The van der Waals surface area contributed by atoms with Crippen molar-refractivity contribution >= 4 is 22.9 Å². The quantitative estimate of drug-likeness (QED) is 0.631. The van der Waals surface area contributed by atoms with Crippen molar-refractivity contribution in [3.05, 3.63) is 77.5 Å². The first-order valence-corrected chi connectivity index (χ1v) is 8.87. The van der Waals surface area contributed by atoms with Crippen LogP contribution in [-0.2, 0) is 6.42 Å². The van der Waals surface area contributed by atoms with E-state index in [9.17, 15) is 4.79 Å². The topological polar surface area (TPSA) is 44.9 Å². The van der Waals surface area contributed by atoms with Gasteiger partial charge in [-0.3, -0.25) is 4.79 Å². The molecule has 0 saturated heterocycles. The van der Waals surface area contributed by atoms with Crippen LogP contribution in [0.15, 0.2) is 60.8 Å². The SMILES string of the molecule is CCCC=Cc1ccc(C(=O)NCCc2c[nH]c3ccccc23)cc1. The summed E-state index contributed by atoms with van der Waals surface area (Å²) < 4.78 is 0. The molecule has 25 heavy (non-hydrogen) atoms. The number of nitrogens with one attached hydrogen (secondary N) is 2. The number of aromatic nitrogens is 1. The molecule has 0 atom stereocenters. The van der Waals surface area contributed by atoms with Gasteiger partial charge < -0.3 is 10.3 Å². The highest BCUT2D eigenvalue weighted by Gasteiger charge is 2.06. The van der Waals surface area contributed by atoms with Crippen LogP contribution in [0.1, 0.15) is 41.3 Å². The molecule has 3 nitrogen and oxygen atoms in total. The smallest absolute Gasteiger partial charge is 0.251 e. The Balaban J connectivity index is 1.54. The average molecular weight is 332 g/mol. The van der Waals surface area contributed by atoms with Crippen LogP contribution in [0.2, 0.25) is 0 Å². The van der Waals surface area contributed by atoms with Crippen LogP contribution >= 0.6 is 0 Å². The van der Waals surface area contributed by atoms with E-state index < -0.39 is 0 Å². The molecule has 0 bridgehead atoms. The molecular formula is C22H24N2O. The van der Waals surface area contributed by atoms with E-state index in [1.807, 2.05) is 42.6 Å². The Labute approximate surface area is 148 Å². The van der Waals surface area contributed by atoms with Crippen molar-refractivity contribution in [2.24, 2.45) is 0 Å². The van der Waals surface area contributed by atoms with Crippen LogP contribution in [0.4, 0.5) is 0 Å². The van der Waals surface area contributed by atoms with E-state index in [0.29, 0.717) is 12.1 Å². The fourth-order valence-corrected chi connectivity index (χ4v) is 2.88. The summed E-state index contributed by atoms with van der Waals surface area (Å²) in [6, 6.07) is 16.0. The molecule has 0 aliphatic heterocycles. The predicted molar refractivity (Wildman–Crippen MR) is 105 cm³/mol. The maximum absolute atomic E-state index is 12.3. The highest BCUT2D eigenvalue weighted by Crippen LogP contribution is 2.17. The van der Waals surface area contributed by atoms with E-state index in [1.165, 1.54) is 10.9 Å². The Kier molecular flexibility index (Phi) is 5.68. The number of carbonyl (C=O) groups is 1. The molecule has 2 N–H and O–H groups in total. The van der Waals surface area contributed by atoms with Crippen molar-refractivity contribution < 1.29 is 4.79 Å². The molecule has 1 aromatic heterocycles. The van der Waals surface area contributed by atoms with Gasteiger partial charge in [0, 0.05) is 29.2 Å². The molecule has 1 heterocycles. The number of benzene rings is 2. The summed E-state index contributed by atoms with van der Waals surface area (Å²) in [5.74, 6) is -0.0241. The third-order valence-corrected chi connectivity index (χ3v) is 4.29. The largest absolute Gasteiger partial charge is 0.361 e. The number of allylic oxidation sites excluding steroid dienone is 1. The zero-order valence-electron chi connectivity index (χ0n) is 14.6. The van der Waals surface area contributed by atoms with E-state index >= 15 is 0 Å². The Morgan fingerprint density at radius 3 is 2.72 bits per heavy atom. The zero-order valence-corrected chi connectivity index (χ0v) is 14.6. The molecule has 3 aromatic rings. The molecule has 0 aliphatic rings. The van der Waals surface area contributed by atoms with Crippen molar-refractivity contribution in [1.29, 1.82) is 0 Å². The molecule has 3 rings (SSSR count). The van der Waals surface area contributed by atoms with E-state index in [-0.39, 0.29) is 5.91 Å². The van der Waals surface area contributed by atoms with Crippen LogP contribution in [0.3, 0.4) is 0 Å². The molecule has 3 heteroatoms. The number of rotatable bonds is 7. The van der Waals surface area contributed by atoms with Crippen molar-refractivity contribution in [3.8, 4) is 0 Å². The van der Waals surface area contributed by atoms with Crippen molar-refractivity contribution in [3.63, 3.8) is 0 Å². The van der Waals surface area contributed by atoms with Crippen LogP contribution in [0, 0.1) is 0 Å².